The summed E-state index contributed by atoms with van der Waals surface area (Å²) in [4.78, 5) is 54.7. The van der Waals surface area contributed by atoms with Crippen molar-refractivity contribution in [3.63, 3.8) is 0 Å². The number of hydrogen-bond acceptors (Lipinski definition) is 10. The number of para-hydroxylation sites is 3. The van der Waals surface area contributed by atoms with Crippen molar-refractivity contribution in [3.05, 3.63) is 72.1 Å². The Hall–Kier alpha value is -5.29. The summed E-state index contributed by atoms with van der Waals surface area (Å²) in [5.41, 5.74) is 1.99. The van der Waals surface area contributed by atoms with Crippen LogP contribution in [0, 0.1) is 0 Å². The first-order valence-electron chi connectivity index (χ1n) is 11.0. The van der Waals surface area contributed by atoms with E-state index >= 15 is 0 Å². The van der Waals surface area contributed by atoms with Gasteiger partial charge in [0.25, 0.3) is 0 Å². The molecule has 38 heavy (non-hydrogen) atoms. The number of H-pyrrole nitrogens is 3. The number of fused-ring (bicyclic) bond motifs is 3. The molecule has 3 N–H and O–H groups in total. The molecular formula is C24H15N6O7P. The molecule has 3 heterocycles. The number of aromatic amines is 3. The zero-order chi connectivity index (χ0) is 26.3. The van der Waals surface area contributed by atoms with E-state index in [1.54, 1.807) is 36.4 Å². The van der Waals surface area contributed by atoms with Crippen molar-refractivity contribution in [2.24, 2.45) is 0 Å². The first kappa shape index (κ1) is 23.1. The van der Waals surface area contributed by atoms with Gasteiger partial charge in [-0.15, -0.1) is 0 Å². The van der Waals surface area contributed by atoms with Crippen molar-refractivity contribution in [1.82, 2.24) is 29.9 Å². The van der Waals surface area contributed by atoms with Crippen LogP contribution in [0.4, 0.5) is 0 Å². The van der Waals surface area contributed by atoms with Crippen LogP contribution in [0.1, 0.15) is 31.9 Å². The molecule has 13 nitrogen and oxygen atoms in total. The predicted molar refractivity (Wildman–Crippen MR) is 134 cm³/mol. The maximum atomic E-state index is 14.3. The number of aldehydes is 3. The van der Waals surface area contributed by atoms with Crippen LogP contribution in [0.2, 0.25) is 0 Å². The summed E-state index contributed by atoms with van der Waals surface area (Å²) in [5, 5.41) is 0. The number of nitrogens with zero attached hydrogens (tertiary/aromatic N) is 3. The molecule has 0 saturated carbocycles. The average molecular weight is 530 g/mol. The highest BCUT2D eigenvalue weighted by Crippen LogP contribution is 2.52. The smallest absolute Gasteiger partial charge is 0.384 e. The number of benzene rings is 3. The fraction of sp³-hybridized carbons (Fsp3) is 0. The highest BCUT2D eigenvalue weighted by molar-refractivity contribution is 7.49. The fourth-order valence-electron chi connectivity index (χ4n) is 3.88. The standard InChI is InChI=1S/C24H15N6O7P/c31-10-19-25-13-4-1-7-16(22(13)28-19)35-38(34,36-17-8-2-5-14-23(17)29-20(11-32)26-14)37-18-9-3-6-15-24(18)30-21(12-33)27-15/h1-12H,(H,25,28)(H,26,29)(H,27,30). The van der Waals surface area contributed by atoms with Gasteiger partial charge in [0.1, 0.15) is 16.6 Å². The predicted octanol–water partition coefficient (Wildman–Crippen LogP) is 4.40. The van der Waals surface area contributed by atoms with Gasteiger partial charge in [-0.1, -0.05) is 18.2 Å². The number of phosphoric ester groups is 1. The summed E-state index contributed by atoms with van der Waals surface area (Å²) in [6.07, 6.45) is 1.59. The molecule has 0 aliphatic rings. The Morgan fingerprint density at radius 1 is 0.553 bits per heavy atom. The second-order valence-electron chi connectivity index (χ2n) is 7.90. The van der Waals surface area contributed by atoms with Gasteiger partial charge in [0.2, 0.25) is 0 Å². The van der Waals surface area contributed by atoms with E-state index in [1.807, 2.05) is 0 Å². The quantitative estimate of drug-likeness (QED) is 0.179. The second kappa shape index (κ2) is 8.98. The lowest BCUT2D eigenvalue weighted by Crippen LogP contribution is -2.08. The molecule has 6 rings (SSSR count). The van der Waals surface area contributed by atoms with Gasteiger partial charge in [-0.3, -0.25) is 14.4 Å². The molecule has 0 spiro atoms. The van der Waals surface area contributed by atoms with Gasteiger partial charge in [0, 0.05) is 0 Å². The molecule has 0 bridgehead atoms. The zero-order valence-electron chi connectivity index (χ0n) is 19.1. The third-order valence-corrected chi connectivity index (χ3v) is 6.71. The van der Waals surface area contributed by atoms with Crippen molar-refractivity contribution in [2.45, 2.75) is 0 Å². The third kappa shape index (κ3) is 4.06. The molecule has 0 aliphatic heterocycles. The van der Waals surface area contributed by atoms with E-state index in [1.165, 1.54) is 18.2 Å². The van der Waals surface area contributed by atoms with Crippen LogP contribution in [0.15, 0.2) is 54.6 Å². The zero-order valence-corrected chi connectivity index (χ0v) is 20.0. The lowest BCUT2D eigenvalue weighted by molar-refractivity contribution is 0.110. The molecule has 0 saturated heterocycles. The van der Waals surface area contributed by atoms with Crippen molar-refractivity contribution in [1.29, 1.82) is 0 Å². The Kier molecular flexibility index (Phi) is 5.47. The van der Waals surface area contributed by atoms with Gasteiger partial charge >= 0.3 is 7.82 Å². The summed E-state index contributed by atoms with van der Waals surface area (Å²) < 4.78 is 31.8. The lowest BCUT2D eigenvalue weighted by atomic mass is 10.3. The van der Waals surface area contributed by atoms with Crippen LogP contribution >= 0.6 is 7.82 Å². The third-order valence-electron chi connectivity index (χ3n) is 5.45. The second-order valence-corrected chi connectivity index (χ2v) is 9.34. The largest absolute Gasteiger partial charge is 0.647 e. The highest BCUT2D eigenvalue weighted by atomic mass is 31.2. The molecule has 0 unspecified atom stereocenters. The van der Waals surface area contributed by atoms with E-state index in [0.29, 0.717) is 35.4 Å². The number of carbonyl (C=O) groups excluding carboxylic acids is 3. The Morgan fingerprint density at radius 2 is 0.868 bits per heavy atom. The summed E-state index contributed by atoms with van der Waals surface area (Å²) >= 11 is 0. The van der Waals surface area contributed by atoms with E-state index in [2.05, 4.69) is 29.9 Å². The summed E-state index contributed by atoms with van der Waals surface area (Å²) in [6.45, 7) is 0. The first-order valence-corrected chi connectivity index (χ1v) is 12.5. The van der Waals surface area contributed by atoms with E-state index < -0.39 is 7.82 Å². The maximum Gasteiger partial charge on any atom is 0.647 e. The lowest BCUT2D eigenvalue weighted by Gasteiger charge is -2.20. The van der Waals surface area contributed by atoms with Crippen molar-refractivity contribution < 1.29 is 32.5 Å². The Bertz CT molecular complexity index is 1710. The molecule has 0 aliphatic carbocycles. The number of phosphoric acid groups is 1. The molecule has 0 atom stereocenters. The van der Waals surface area contributed by atoms with E-state index in [0.717, 1.165) is 0 Å². The van der Waals surface area contributed by atoms with Crippen LogP contribution in [0.25, 0.3) is 33.1 Å². The Labute approximate surface area is 211 Å². The summed E-state index contributed by atoms with van der Waals surface area (Å²) in [6, 6.07) is 14.2. The number of imidazole rings is 3. The van der Waals surface area contributed by atoms with Crippen molar-refractivity contribution >= 4 is 59.8 Å². The molecule has 0 radical (unpaired) electrons. The maximum absolute atomic E-state index is 14.3. The molecule has 3 aromatic carbocycles. The fourth-order valence-corrected chi connectivity index (χ4v) is 5.16. The molecule has 6 aromatic rings. The van der Waals surface area contributed by atoms with Gasteiger partial charge in [-0.25, -0.2) is 15.0 Å². The monoisotopic (exact) mass is 530 g/mol. The molecule has 3 aromatic heterocycles. The van der Waals surface area contributed by atoms with Gasteiger partial charge in [0.05, 0.1) is 16.6 Å². The average Bonchev–Trinajstić information content (AvgIpc) is 3.65. The van der Waals surface area contributed by atoms with E-state index in [-0.39, 0.29) is 51.3 Å². The van der Waals surface area contributed by atoms with E-state index in [4.69, 9.17) is 13.6 Å². The molecule has 14 heteroatoms. The van der Waals surface area contributed by atoms with Crippen molar-refractivity contribution in [2.75, 3.05) is 0 Å². The summed E-state index contributed by atoms with van der Waals surface area (Å²) in [7, 11) is -4.62. The van der Waals surface area contributed by atoms with Gasteiger partial charge < -0.3 is 28.5 Å². The molecular weight excluding hydrogens is 515 g/mol. The van der Waals surface area contributed by atoms with Gasteiger partial charge in [0.15, 0.2) is 53.6 Å². The minimum atomic E-state index is -4.62. The number of rotatable bonds is 9. The summed E-state index contributed by atoms with van der Waals surface area (Å²) in [5.74, 6) is 0.122. The SMILES string of the molecule is O=Cc1nc2c(OP(=O)(Oc3cccc4[nH]c(C=O)nc34)Oc3cccc4[nH]c(C=O)nc34)cccc2[nH]1. The van der Waals surface area contributed by atoms with Crippen LogP contribution in [0.3, 0.4) is 0 Å². The molecule has 0 amide bonds. The van der Waals surface area contributed by atoms with Crippen molar-refractivity contribution in [3.8, 4) is 17.2 Å². The normalized spacial score (nSPS) is 11.6. The number of carbonyl (C=O) groups is 3. The van der Waals surface area contributed by atoms with Crippen LogP contribution in [0.5, 0.6) is 17.2 Å². The van der Waals surface area contributed by atoms with Gasteiger partial charge in [-0.2, -0.15) is 4.57 Å². The minimum absolute atomic E-state index is 0.000694. The first-order chi connectivity index (χ1) is 18.5. The van der Waals surface area contributed by atoms with Crippen LogP contribution in [-0.2, 0) is 4.57 Å². The van der Waals surface area contributed by atoms with Crippen LogP contribution < -0.4 is 13.6 Å². The van der Waals surface area contributed by atoms with E-state index in [9.17, 15) is 18.9 Å². The number of nitrogens with one attached hydrogen (secondary N) is 3. The Morgan fingerprint density at radius 3 is 1.16 bits per heavy atom. The number of aromatic nitrogens is 6. The molecule has 0 fully saturated rings. The van der Waals surface area contributed by atoms with Crippen LogP contribution in [-0.4, -0.2) is 48.8 Å². The number of hydrogen-bond donors (Lipinski definition) is 3. The molecule has 188 valence electrons. The minimum Gasteiger partial charge on any atom is -0.384 e. The van der Waals surface area contributed by atoms with Gasteiger partial charge in [-0.05, 0) is 36.4 Å². The highest BCUT2D eigenvalue weighted by Gasteiger charge is 2.36. The topological polar surface area (TPSA) is 182 Å². The Balaban J connectivity index is 1.48.